The number of ether oxygens (including phenoxy) is 1. The molecule has 1 saturated heterocycles. The summed E-state index contributed by atoms with van der Waals surface area (Å²) in [7, 11) is 0. The Morgan fingerprint density at radius 2 is 2.20 bits per heavy atom. The number of amides is 1. The minimum absolute atomic E-state index is 0.110. The summed E-state index contributed by atoms with van der Waals surface area (Å²) in [5.74, 6) is 0.110. The summed E-state index contributed by atoms with van der Waals surface area (Å²) in [5.41, 5.74) is 1.40. The van der Waals surface area contributed by atoms with Crippen LogP contribution in [0.3, 0.4) is 0 Å². The molecule has 1 aromatic rings. The Kier molecular flexibility index (Phi) is 4.70. The van der Waals surface area contributed by atoms with Crippen molar-refractivity contribution in [3.8, 4) is 0 Å². The summed E-state index contributed by atoms with van der Waals surface area (Å²) in [6.45, 7) is 1.94. The van der Waals surface area contributed by atoms with E-state index in [0.29, 0.717) is 18.6 Å². The number of carbonyl (C=O) groups is 1. The van der Waals surface area contributed by atoms with Crippen molar-refractivity contribution in [1.29, 1.82) is 0 Å². The molecule has 110 valence electrons. The van der Waals surface area contributed by atoms with Crippen LogP contribution < -0.4 is 10.6 Å². The minimum atomic E-state index is 0.110. The molecule has 3 rings (SSSR count). The highest BCUT2D eigenvalue weighted by Gasteiger charge is 2.22. The van der Waals surface area contributed by atoms with E-state index in [9.17, 15) is 4.79 Å². The van der Waals surface area contributed by atoms with Crippen molar-refractivity contribution >= 4 is 17.2 Å². The Hall–Kier alpha value is -0.910. The topological polar surface area (TPSA) is 50.4 Å². The van der Waals surface area contributed by atoms with Crippen LogP contribution in [0, 0.1) is 0 Å². The number of hydrogen-bond acceptors (Lipinski definition) is 4. The van der Waals surface area contributed by atoms with Gasteiger partial charge >= 0.3 is 0 Å². The van der Waals surface area contributed by atoms with E-state index >= 15 is 0 Å². The number of nitrogens with one attached hydrogen (secondary N) is 2. The molecule has 1 atom stereocenters. The van der Waals surface area contributed by atoms with Gasteiger partial charge in [0.1, 0.15) is 0 Å². The van der Waals surface area contributed by atoms with E-state index in [2.05, 4.69) is 22.1 Å². The summed E-state index contributed by atoms with van der Waals surface area (Å²) in [5, 5.41) is 8.67. The number of rotatable bonds is 4. The molecule has 1 aliphatic carbocycles. The van der Waals surface area contributed by atoms with Gasteiger partial charge in [-0.05, 0) is 49.1 Å². The molecule has 5 heteroatoms. The van der Waals surface area contributed by atoms with Crippen LogP contribution in [0.15, 0.2) is 11.4 Å². The highest BCUT2D eigenvalue weighted by atomic mass is 32.1. The molecule has 2 heterocycles. The van der Waals surface area contributed by atoms with Gasteiger partial charge in [-0.1, -0.05) is 0 Å². The molecule has 2 aliphatic rings. The molecule has 20 heavy (non-hydrogen) atoms. The Morgan fingerprint density at radius 3 is 3.05 bits per heavy atom. The van der Waals surface area contributed by atoms with Crippen LogP contribution in [0.2, 0.25) is 0 Å². The fourth-order valence-electron chi connectivity index (χ4n) is 3.03. The van der Waals surface area contributed by atoms with Crippen molar-refractivity contribution in [2.45, 2.75) is 44.2 Å². The van der Waals surface area contributed by atoms with Gasteiger partial charge in [0, 0.05) is 30.2 Å². The lowest BCUT2D eigenvalue weighted by Gasteiger charge is -2.25. The zero-order chi connectivity index (χ0) is 13.8. The fourth-order valence-corrected chi connectivity index (χ4v) is 4.02. The fraction of sp³-hybridized carbons (Fsp3) is 0.667. The van der Waals surface area contributed by atoms with E-state index in [0.717, 1.165) is 32.5 Å². The second-order valence-electron chi connectivity index (χ2n) is 5.58. The van der Waals surface area contributed by atoms with Crippen LogP contribution in [0.1, 0.15) is 42.2 Å². The van der Waals surface area contributed by atoms with Gasteiger partial charge in [-0.15, -0.1) is 11.3 Å². The van der Waals surface area contributed by atoms with Gasteiger partial charge in [-0.2, -0.15) is 0 Å². The molecule has 0 spiro atoms. The van der Waals surface area contributed by atoms with E-state index in [1.807, 2.05) is 11.3 Å². The third kappa shape index (κ3) is 3.40. The molecule has 1 aromatic heterocycles. The second kappa shape index (κ2) is 6.70. The van der Waals surface area contributed by atoms with Crippen molar-refractivity contribution in [2.24, 2.45) is 0 Å². The smallest absolute Gasteiger partial charge is 0.234 e. The monoisotopic (exact) mass is 294 g/mol. The molecule has 2 N–H and O–H groups in total. The predicted molar refractivity (Wildman–Crippen MR) is 80.0 cm³/mol. The number of thiophene rings is 1. The SMILES string of the molecule is O=C(CNC1CCCc2sccc21)NC1CCOCC1. The summed E-state index contributed by atoms with van der Waals surface area (Å²) in [6, 6.07) is 2.85. The van der Waals surface area contributed by atoms with E-state index in [4.69, 9.17) is 4.74 Å². The molecule has 4 nitrogen and oxygen atoms in total. The van der Waals surface area contributed by atoms with Gasteiger partial charge in [-0.25, -0.2) is 0 Å². The van der Waals surface area contributed by atoms with Crippen molar-refractivity contribution < 1.29 is 9.53 Å². The first-order chi connectivity index (χ1) is 9.83. The molecule has 1 fully saturated rings. The molecule has 0 aromatic carbocycles. The van der Waals surface area contributed by atoms with Gasteiger partial charge < -0.3 is 15.4 Å². The first-order valence-corrected chi connectivity index (χ1v) is 8.37. The van der Waals surface area contributed by atoms with Gasteiger partial charge in [-0.3, -0.25) is 4.79 Å². The van der Waals surface area contributed by atoms with Crippen molar-refractivity contribution in [1.82, 2.24) is 10.6 Å². The number of hydrogen-bond donors (Lipinski definition) is 2. The minimum Gasteiger partial charge on any atom is -0.381 e. The number of aryl methyl sites for hydroxylation is 1. The van der Waals surface area contributed by atoms with Crippen LogP contribution in [0.5, 0.6) is 0 Å². The summed E-state index contributed by atoms with van der Waals surface area (Å²) in [6.07, 6.45) is 5.41. The maximum Gasteiger partial charge on any atom is 0.234 e. The Balaban J connectivity index is 1.46. The Bertz CT molecular complexity index is 454. The lowest BCUT2D eigenvalue weighted by Crippen LogP contribution is -2.43. The molecule has 0 bridgehead atoms. The average Bonchev–Trinajstić information content (AvgIpc) is 2.95. The maximum atomic E-state index is 12.0. The lowest BCUT2D eigenvalue weighted by molar-refractivity contribution is -0.121. The molecular formula is C15H22N2O2S. The zero-order valence-electron chi connectivity index (χ0n) is 11.7. The number of fused-ring (bicyclic) bond motifs is 1. The quantitative estimate of drug-likeness (QED) is 0.893. The van der Waals surface area contributed by atoms with E-state index in [1.54, 1.807) is 0 Å². The Labute approximate surface area is 123 Å². The van der Waals surface area contributed by atoms with Gasteiger partial charge in [0.25, 0.3) is 0 Å². The largest absolute Gasteiger partial charge is 0.381 e. The van der Waals surface area contributed by atoms with Crippen molar-refractivity contribution in [2.75, 3.05) is 19.8 Å². The summed E-state index contributed by atoms with van der Waals surface area (Å²) in [4.78, 5) is 13.5. The van der Waals surface area contributed by atoms with Crippen LogP contribution in [0.25, 0.3) is 0 Å². The number of carbonyl (C=O) groups excluding carboxylic acids is 1. The first-order valence-electron chi connectivity index (χ1n) is 7.49. The van der Waals surface area contributed by atoms with E-state index in [1.165, 1.54) is 23.3 Å². The molecule has 1 aliphatic heterocycles. The molecule has 1 unspecified atom stereocenters. The average molecular weight is 294 g/mol. The molecular weight excluding hydrogens is 272 g/mol. The third-order valence-corrected chi connectivity index (χ3v) is 5.14. The third-order valence-electron chi connectivity index (χ3n) is 4.15. The molecule has 1 amide bonds. The zero-order valence-corrected chi connectivity index (χ0v) is 12.5. The second-order valence-corrected chi connectivity index (χ2v) is 6.58. The summed E-state index contributed by atoms with van der Waals surface area (Å²) < 4.78 is 5.30. The predicted octanol–water partition coefficient (Wildman–Crippen LogP) is 2.01. The van der Waals surface area contributed by atoms with E-state index in [-0.39, 0.29) is 5.91 Å². The molecule has 0 radical (unpaired) electrons. The Morgan fingerprint density at radius 1 is 1.35 bits per heavy atom. The van der Waals surface area contributed by atoms with Crippen LogP contribution in [0.4, 0.5) is 0 Å². The van der Waals surface area contributed by atoms with Gasteiger partial charge in [0.15, 0.2) is 0 Å². The van der Waals surface area contributed by atoms with Crippen molar-refractivity contribution in [3.05, 3.63) is 21.9 Å². The highest BCUT2D eigenvalue weighted by molar-refractivity contribution is 7.10. The standard InChI is InChI=1S/C15H22N2O2S/c18-15(17-11-4-7-19-8-5-11)10-16-13-2-1-3-14-12(13)6-9-20-14/h6,9,11,13,16H,1-5,7-8,10H2,(H,17,18). The van der Waals surface area contributed by atoms with Crippen LogP contribution in [-0.2, 0) is 16.0 Å². The first kappa shape index (κ1) is 14.0. The lowest BCUT2D eigenvalue weighted by atomic mass is 9.94. The highest BCUT2D eigenvalue weighted by Crippen LogP contribution is 2.32. The van der Waals surface area contributed by atoms with Gasteiger partial charge in [0.2, 0.25) is 5.91 Å². The van der Waals surface area contributed by atoms with Crippen LogP contribution >= 0.6 is 11.3 Å². The van der Waals surface area contributed by atoms with Crippen molar-refractivity contribution in [3.63, 3.8) is 0 Å². The summed E-state index contributed by atoms with van der Waals surface area (Å²) >= 11 is 1.84. The maximum absolute atomic E-state index is 12.0. The van der Waals surface area contributed by atoms with E-state index < -0.39 is 0 Å². The molecule has 0 saturated carbocycles. The normalized spacial score (nSPS) is 23.3. The van der Waals surface area contributed by atoms with Crippen LogP contribution in [-0.4, -0.2) is 31.7 Å². The van der Waals surface area contributed by atoms with Gasteiger partial charge in [0.05, 0.1) is 6.54 Å².